The number of nitrogens with zero attached hydrogens (tertiary/aromatic N) is 4. The molecule has 3 N–H and O–H groups in total. The Bertz CT molecular complexity index is 1680. The van der Waals surface area contributed by atoms with Crippen molar-refractivity contribution in [1.29, 1.82) is 0 Å². The van der Waals surface area contributed by atoms with Crippen LogP contribution in [-0.4, -0.2) is 76.5 Å². The highest BCUT2D eigenvalue weighted by Gasteiger charge is 2.31. The third-order valence-electron chi connectivity index (χ3n) is 7.01. The first kappa shape index (κ1) is 31.6. The van der Waals surface area contributed by atoms with Gasteiger partial charge < -0.3 is 25.2 Å². The number of amides is 1. The van der Waals surface area contributed by atoms with Crippen molar-refractivity contribution >= 4 is 38.5 Å². The molecule has 5 rings (SSSR count). The number of aryl methyl sites for hydroxylation is 1. The standard InChI is InChI=1S/C30H33F3N6O4S/c1-34-12-14-43-16-15-42-13-10-24(40)26(23-5-3-4-11-35-23)36-28(41)25-17-21-22-18-38(2)37-27(22)39(29(21)44-25)20-8-6-19(7-9-20)30(31,32)33/h3-9,11,17-18,24,26,34,40H,10,12-16H2,1-2H3,(H,36,41)/t24?,26-/m1/s1. The van der Waals surface area contributed by atoms with Crippen LogP contribution in [0.4, 0.5) is 13.2 Å². The van der Waals surface area contributed by atoms with Crippen LogP contribution in [0, 0.1) is 0 Å². The predicted molar refractivity (Wildman–Crippen MR) is 161 cm³/mol. The zero-order valence-electron chi connectivity index (χ0n) is 24.2. The average molecular weight is 631 g/mol. The molecule has 14 heteroatoms. The van der Waals surface area contributed by atoms with Crippen molar-refractivity contribution in [2.24, 2.45) is 7.05 Å². The van der Waals surface area contributed by atoms with E-state index in [1.54, 1.807) is 53.0 Å². The molecule has 0 bridgehead atoms. The Morgan fingerprint density at radius 1 is 1.07 bits per heavy atom. The number of halogens is 3. The highest BCUT2D eigenvalue weighted by molar-refractivity contribution is 7.20. The molecule has 0 aliphatic carbocycles. The van der Waals surface area contributed by atoms with E-state index in [9.17, 15) is 23.1 Å². The van der Waals surface area contributed by atoms with Crippen molar-refractivity contribution in [2.75, 3.05) is 40.0 Å². The third kappa shape index (κ3) is 7.11. The van der Waals surface area contributed by atoms with Crippen LogP contribution in [0.2, 0.25) is 0 Å². The van der Waals surface area contributed by atoms with E-state index < -0.39 is 29.8 Å². The van der Waals surface area contributed by atoms with Crippen LogP contribution in [0.15, 0.2) is 60.9 Å². The Hall–Kier alpha value is -3.82. The summed E-state index contributed by atoms with van der Waals surface area (Å²) in [5.74, 6) is -0.421. The average Bonchev–Trinajstić information content (AvgIpc) is 3.67. The summed E-state index contributed by atoms with van der Waals surface area (Å²) < 4.78 is 54.0. The Labute approximate surface area is 255 Å². The lowest BCUT2D eigenvalue weighted by atomic mass is 10.0. The molecule has 4 aromatic heterocycles. The largest absolute Gasteiger partial charge is 0.416 e. The number of hydrogen-bond donors (Lipinski definition) is 3. The van der Waals surface area contributed by atoms with Gasteiger partial charge in [-0.1, -0.05) is 6.07 Å². The molecule has 0 spiro atoms. The molecule has 4 heterocycles. The van der Waals surface area contributed by atoms with Gasteiger partial charge in [-0.05, 0) is 55.9 Å². The number of thiophene rings is 1. The molecular weight excluding hydrogens is 597 g/mol. The molecule has 1 amide bonds. The summed E-state index contributed by atoms with van der Waals surface area (Å²) in [6.45, 7) is 2.39. The maximum atomic E-state index is 13.6. The van der Waals surface area contributed by atoms with Crippen molar-refractivity contribution in [1.82, 2.24) is 30.0 Å². The topological polar surface area (TPSA) is 115 Å². The van der Waals surface area contributed by atoms with Crippen LogP contribution in [0.3, 0.4) is 0 Å². The van der Waals surface area contributed by atoms with Gasteiger partial charge in [0.1, 0.15) is 4.83 Å². The molecule has 10 nitrogen and oxygen atoms in total. The van der Waals surface area contributed by atoms with E-state index in [2.05, 4.69) is 20.7 Å². The molecule has 44 heavy (non-hydrogen) atoms. The van der Waals surface area contributed by atoms with E-state index in [1.165, 1.54) is 23.5 Å². The van der Waals surface area contributed by atoms with Gasteiger partial charge in [-0.2, -0.15) is 18.3 Å². The zero-order chi connectivity index (χ0) is 31.3. The second-order valence-electron chi connectivity index (χ2n) is 10.1. The Morgan fingerprint density at radius 2 is 1.82 bits per heavy atom. The smallest absolute Gasteiger partial charge is 0.390 e. The number of aromatic nitrogens is 4. The summed E-state index contributed by atoms with van der Waals surface area (Å²) in [7, 11) is 3.60. The van der Waals surface area contributed by atoms with Gasteiger partial charge in [0.05, 0.1) is 48.1 Å². The monoisotopic (exact) mass is 630 g/mol. The second kappa shape index (κ2) is 13.9. The quantitative estimate of drug-likeness (QED) is 0.155. The minimum absolute atomic E-state index is 0.250. The number of ether oxygens (including phenoxy) is 2. The normalized spacial score (nSPS) is 13.5. The highest BCUT2D eigenvalue weighted by Crippen LogP contribution is 2.38. The van der Waals surface area contributed by atoms with Gasteiger partial charge in [0, 0.05) is 49.1 Å². The number of carbonyl (C=O) groups is 1. The number of nitrogens with one attached hydrogen (secondary N) is 2. The summed E-state index contributed by atoms with van der Waals surface area (Å²) in [4.78, 5) is 19.0. The molecule has 0 saturated heterocycles. The molecule has 1 aromatic carbocycles. The molecule has 0 aliphatic heterocycles. The summed E-state index contributed by atoms with van der Waals surface area (Å²) in [5, 5.41) is 23.0. The van der Waals surface area contributed by atoms with Crippen LogP contribution < -0.4 is 10.6 Å². The minimum Gasteiger partial charge on any atom is -0.390 e. The van der Waals surface area contributed by atoms with Crippen molar-refractivity contribution in [3.05, 3.63) is 77.1 Å². The fourth-order valence-corrected chi connectivity index (χ4v) is 5.92. The molecule has 1 unspecified atom stereocenters. The van der Waals surface area contributed by atoms with Crippen molar-refractivity contribution in [3.63, 3.8) is 0 Å². The number of aliphatic hydroxyl groups excluding tert-OH is 1. The molecule has 0 radical (unpaired) electrons. The second-order valence-corrected chi connectivity index (χ2v) is 11.2. The Balaban J connectivity index is 1.36. The van der Waals surface area contributed by atoms with Crippen molar-refractivity contribution in [2.45, 2.75) is 24.7 Å². The van der Waals surface area contributed by atoms with Gasteiger partial charge in [0.15, 0.2) is 5.65 Å². The lowest BCUT2D eigenvalue weighted by Gasteiger charge is -2.23. The molecule has 234 valence electrons. The number of fused-ring (bicyclic) bond motifs is 3. The lowest BCUT2D eigenvalue weighted by molar-refractivity contribution is -0.137. The van der Waals surface area contributed by atoms with Crippen LogP contribution in [0.1, 0.15) is 33.4 Å². The van der Waals surface area contributed by atoms with Gasteiger partial charge in [-0.15, -0.1) is 11.3 Å². The number of benzene rings is 1. The maximum Gasteiger partial charge on any atom is 0.416 e. The maximum absolute atomic E-state index is 13.6. The number of pyridine rings is 1. The van der Waals surface area contributed by atoms with Gasteiger partial charge in [-0.3, -0.25) is 19.0 Å². The minimum atomic E-state index is -4.46. The van der Waals surface area contributed by atoms with E-state index in [0.29, 0.717) is 46.6 Å². The van der Waals surface area contributed by atoms with Crippen LogP contribution in [0.5, 0.6) is 0 Å². The van der Waals surface area contributed by atoms with Crippen LogP contribution in [0.25, 0.3) is 26.9 Å². The van der Waals surface area contributed by atoms with Crippen LogP contribution in [-0.2, 0) is 22.7 Å². The fourth-order valence-electron chi connectivity index (χ4n) is 4.83. The molecule has 0 fully saturated rings. The highest BCUT2D eigenvalue weighted by atomic mass is 32.1. The number of carbonyl (C=O) groups excluding carboxylic acids is 1. The zero-order valence-corrected chi connectivity index (χ0v) is 25.0. The number of rotatable bonds is 14. The first-order chi connectivity index (χ1) is 21.2. The fraction of sp³-hybridized carbons (Fsp3) is 0.367. The lowest BCUT2D eigenvalue weighted by Crippen LogP contribution is -2.37. The van der Waals surface area contributed by atoms with Gasteiger partial charge in [-0.25, -0.2) is 0 Å². The van der Waals surface area contributed by atoms with E-state index in [1.807, 2.05) is 7.05 Å². The molecule has 2 atom stereocenters. The Morgan fingerprint density at radius 3 is 2.50 bits per heavy atom. The number of aliphatic hydroxyl groups is 1. The number of likely N-dealkylation sites (N-methyl/N-ethyl adjacent to an activating group) is 1. The van der Waals surface area contributed by atoms with E-state index in [0.717, 1.165) is 29.4 Å². The molecular formula is C30H33F3N6O4S. The van der Waals surface area contributed by atoms with Crippen molar-refractivity contribution < 1.29 is 32.5 Å². The first-order valence-corrected chi connectivity index (χ1v) is 14.8. The van der Waals surface area contributed by atoms with Gasteiger partial charge >= 0.3 is 6.18 Å². The Kier molecular flexibility index (Phi) is 9.96. The molecule has 0 saturated carbocycles. The van der Waals surface area contributed by atoms with Crippen molar-refractivity contribution in [3.8, 4) is 5.69 Å². The first-order valence-electron chi connectivity index (χ1n) is 14.0. The summed E-state index contributed by atoms with van der Waals surface area (Å²) in [6.07, 6.45) is -1.80. The summed E-state index contributed by atoms with van der Waals surface area (Å²) >= 11 is 1.19. The van der Waals surface area contributed by atoms with Crippen LogP contribution >= 0.6 is 11.3 Å². The predicted octanol–water partition coefficient (Wildman–Crippen LogP) is 4.47. The van der Waals surface area contributed by atoms with Gasteiger partial charge in [0.2, 0.25) is 0 Å². The summed E-state index contributed by atoms with van der Waals surface area (Å²) in [6, 6.07) is 11.0. The number of alkyl halides is 3. The van der Waals surface area contributed by atoms with E-state index in [-0.39, 0.29) is 13.0 Å². The van der Waals surface area contributed by atoms with Gasteiger partial charge in [0.25, 0.3) is 5.91 Å². The summed E-state index contributed by atoms with van der Waals surface area (Å²) in [5.41, 5.74) is 0.790. The third-order valence-corrected chi connectivity index (χ3v) is 8.13. The van der Waals surface area contributed by atoms with E-state index in [4.69, 9.17) is 9.47 Å². The number of hydrogen-bond acceptors (Lipinski definition) is 8. The molecule has 5 aromatic rings. The molecule has 0 aliphatic rings. The SMILES string of the molecule is CNCCOCCOCCC(O)[C@H](NC(=O)c1cc2c3cn(C)nc3n(-c3ccc(C(F)(F)F)cc3)c2s1)c1ccccn1. The van der Waals surface area contributed by atoms with E-state index >= 15 is 0 Å².